The van der Waals surface area contributed by atoms with Gasteiger partial charge in [-0.05, 0) is 40.5 Å². The molecular weight excluding hydrogens is 705 g/mol. The third-order valence-electron chi connectivity index (χ3n) is 10.3. The van der Waals surface area contributed by atoms with Crippen LogP contribution in [0.25, 0.3) is 0 Å². The van der Waals surface area contributed by atoms with Crippen LogP contribution in [0.1, 0.15) is 169 Å². The fourth-order valence-electron chi connectivity index (χ4n) is 7.29. The smallest absolute Gasteiger partial charge is 0.330 e. The van der Waals surface area contributed by atoms with Crippen molar-refractivity contribution in [2.45, 2.75) is 193 Å². The van der Waals surface area contributed by atoms with E-state index in [2.05, 4.69) is 67.5 Å². The lowest BCUT2D eigenvalue weighted by Crippen LogP contribution is -2.43. The summed E-state index contributed by atoms with van der Waals surface area (Å²) in [7, 11) is -1.59. The lowest BCUT2D eigenvalue weighted by atomic mass is 9.96. The first-order chi connectivity index (χ1) is 26.1. The Hall–Kier alpha value is -2.57. The Bertz CT molecular complexity index is 1470. The summed E-state index contributed by atoms with van der Waals surface area (Å²) >= 11 is 0. The molecule has 3 heterocycles. The number of nitrogens with zero attached hydrogens (tertiary/aromatic N) is 3. The molecule has 5 atom stereocenters. The van der Waals surface area contributed by atoms with Crippen molar-refractivity contribution in [3.63, 3.8) is 0 Å². The average molecular weight is 774 g/mol. The van der Waals surface area contributed by atoms with Crippen LogP contribution in [0.2, 0.25) is 0 Å². The maximum Gasteiger partial charge on any atom is 0.330 e. The van der Waals surface area contributed by atoms with Crippen molar-refractivity contribution < 1.29 is 23.3 Å². The van der Waals surface area contributed by atoms with Crippen LogP contribution in [0.4, 0.5) is 0 Å². The Morgan fingerprint density at radius 3 is 2.15 bits per heavy atom. The second-order valence-corrected chi connectivity index (χ2v) is 16.7. The summed E-state index contributed by atoms with van der Waals surface area (Å²) in [4.78, 5) is 40.6. The Kier molecular flexibility index (Phi) is 21.1. The first kappa shape index (κ1) is 45.8. The van der Waals surface area contributed by atoms with E-state index < -0.39 is 43.8 Å². The Labute approximate surface area is 325 Å². The number of hydrogen-bond acceptors (Lipinski definition) is 9. The highest BCUT2D eigenvalue weighted by Crippen LogP contribution is 2.55. The molecule has 2 aliphatic rings. The quantitative estimate of drug-likeness (QED) is 0.0516. The number of aromatic nitrogens is 2. The first-order valence-electron chi connectivity index (χ1n) is 20.7. The Balaban J connectivity index is 1.47. The van der Waals surface area contributed by atoms with Crippen LogP contribution >= 0.6 is 8.53 Å². The van der Waals surface area contributed by atoms with Crippen LogP contribution in [0.15, 0.2) is 15.8 Å². The number of fused-ring (bicyclic) bond motifs is 2. The van der Waals surface area contributed by atoms with Gasteiger partial charge >= 0.3 is 5.69 Å². The minimum absolute atomic E-state index is 0.0635. The van der Waals surface area contributed by atoms with Crippen molar-refractivity contribution in [3.05, 3.63) is 32.6 Å². The maximum absolute atomic E-state index is 13.1. The predicted octanol–water partition coefficient (Wildman–Crippen LogP) is 8.00. The summed E-state index contributed by atoms with van der Waals surface area (Å²) in [5.74, 6) is 5.61. The molecule has 0 radical (unpaired) electrons. The van der Waals surface area contributed by atoms with Crippen molar-refractivity contribution in [2.24, 2.45) is 0 Å². The number of H-pyrrole nitrogens is 1. The van der Waals surface area contributed by atoms with Crippen LogP contribution in [0.3, 0.4) is 0 Å². The van der Waals surface area contributed by atoms with E-state index in [0.717, 1.165) is 19.3 Å². The molecule has 0 aromatic carbocycles. The van der Waals surface area contributed by atoms with Crippen LogP contribution in [0, 0.1) is 23.2 Å². The number of unbranched alkanes of at least 4 members (excludes halogenated alkanes) is 14. The number of ether oxygens (including phenoxy) is 2. The Morgan fingerprint density at radius 1 is 1.00 bits per heavy atom. The minimum Gasteiger partial charge on any atom is -0.368 e. The molecule has 3 rings (SSSR count). The van der Waals surface area contributed by atoms with Gasteiger partial charge in [-0.3, -0.25) is 19.1 Å². The van der Waals surface area contributed by atoms with Crippen molar-refractivity contribution in [3.8, 4) is 17.9 Å². The number of carbonyl (C=O) groups excluding carboxylic acids is 1. The molecule has 2 unspecified atom stereocenters. The molecule has 304 valence electrons. The highest BCUT2D eigenvalue weighted by atomic mass is 31.2. The molecule has 1 amide bonds. The lowest BCUT2D eigenvalue weighted by molar-refractivity contribution is -0.175. The molecule has 54 heavy (non-hydrogen) atoms. The average Bonchev–Trinajstić information content (AvgIpc) is 3.63. The standard InChI is InChI=1S/C41H68N5O7P/c1-7-9-10-11-12-13-14-15-16-17-18-19-20-21-22-26-35(47)43-28-23-25-34-30-45(40(49)44-38(34)48)39-36-37(41(8-2,52-39)31-50-36)53-54(51-29-24-27-42)46(32(3)4)33(5)6/h30,32-33,36-37,39H,7-22,24,26,28-29,31H2,1-6H3,(H,43,47)(H,44,48,49)/t36?,37-,39+,41+,54?/m0/s1. The van der Waals surface area contributed by atoms with E-state index in [9.17, 15) is 14.4 Å². The molecular formula is C41H68N5O7P. The predicted molar refractivity (Wildman–Crippen MR) is 214 cm³/mol. The van der Waals surface area contributed by atoms with Gasteiger partial charge in [0.05, 0.1) is 32.2 Å². The highest BCUT2D eigenvalue weighted by Gasteiger charge is 2.63. The third-order valence-corrected chi connectivity index (χ3v) is 12.4. The van der Waals surface area contributed by atoms with Gasteiger partial charge in [0.1, 0.15) is 23.4 Å². The van der Waals surface area contributed by atoms with Gasteiger partial charge < -0.3 is 23.8 Å². The molecule has 1 aromatic rings. The second-order valence-electron chi connectivity index (χ2n) is 15.3. The fourth-order valence-corrected chi connectivity index (χ4v) is 9.10. The zero-order chi connectivity index (χ0) is 39.3. The zero-order valence-corrected chi connectivity index (χ0v) is 34.9. The molecule has 2 saturated heterocycles. The van der Waals surface area contributed by atoms with E-state index in [4.69, 9.17) is 23.8 Å². The van der Waals surface area contributed by atoms with E-state index in [0.29, 0.717) is 12.8 Å². The van der Waals surface area contributed by atoms with Crippen molar-refractivity contribution in [2.75, 3.05) is 19.8 Å². The van der Waals surface area contributed by atoms with Gasteiger partial charge in [-0.25, -0.2) is 9.46 Å². The lowest BCUT2D eigenvalue weighted by Gasteiger charge is -2.38. The minimum atomic E-state index is -1.59. The van der Waals surface area contributed by atoms with Gasteiger partial charge in [0.2, 0.25) is 5.91 Å². The van der Waals surface area contributed by atoms with E-state index in [-0.39, 0.29) is 49.7 Å². The van der Waals surface area contributed by atoms with Crippen molar-refractivity contribution >= 4 is 14.4 Å². The van der Waals surface area contributed by atoms with Gasteiger partial charge in [0.15, 0.2) is 6.23 Å². The molecule has 0 spiro atoms. The first-order valence-corrected chi connectivity index (χ1v) is 21.9. The van der Waals surface area contributed by atoms with E-state index in [1.54, 1.807) is 0 Å². The number of nitriles is 1. The highest BCUT2D eigenvalue weighted by molar-refractivity contribution is 7.44. The number of aromatic amines is 1. The van der Waals surface area contributed by atoms with Gasteiger partial charge in [0.25, 0.3) is 14.1 Å². The van der Waals surface area contributed by atoms with Crippen molar-refractivity contribution in [1.82, 2.24) is 19.5 Å². The molecule has 13 heteroatoms. The normalized spacial score (nSPS) is 21.1. The van der Waals surface area contributed by atoms with Gasteiger partial charge in [0, 0.05) is 24.7 Å². The van der Waals surface area contributed by atoms with Crippen LogP contribution in [0.5, 0.6) is 0 Å². The molecule has 12 nitrogen and oxygen atoms in total. The number of rotatable bonds is 27. The number of amides is 1. The summed E-state index contributed by atoms with van der Waals surface area (Å²) in [5.41, 5.74) is -2.03. The summed E-state index contributed by atoms with van der Waals surface area (Å²) in [6.07, 6.45) is 19.7. The maximum atomic E-state index is 13.1. The van der Waals surface area contributed by atoms with E-state index >= 15 is 0 Å². The van der Waals surface area contributed by atoms with Gasteiger partial charge in [-0.15, -0.1) is 0 Å². The Morgan fingerprint density at radius 2 is 1.59 bits per heavy atom. The van der Waals surface area contributed by atoms with Crippen LogP contribution in [-0.4, -0.2) is 69.8 Å². The molecule has 2 N–H and O–H groups in total. The number of carbonyl (C=O) groups is 1. The molecule has 2 bridgehead atoms. The largest absolute Gasteiger partial charge is 0.368 e. The van der Waals surface area contributed by atoms with Crippen molar-refractivity contribution in [1.29, 1.82) is 5.26 Å². The molecule has 1 aromatic heterocycles. The fraction of sp³-hybridized carbons (Fsp3) is 0.805. The van der Waals surface area contributed by atoms with Crippen LogP contribution in [-0.2, 0) is 23.3 Å². The zero-order valence-electron chi connectivity index (χ0n) is 34.0. The monoisotopic (exact) mass is 773 g/mol. The van der Waals surface area contributed by atoms with Gasteiger partial charge in [-0.2, -0.15) is 5.26 Å². The molecule has 2 fully saturated rings. The SMILES string of the molecule is CCCCCCCCCCCCCCCCCC(=O)NCC#Cc1cn([C@@H]2O[C@]3(CC)COC2[C@@H]3OP(OCCC#N)N(C(C)C)C(C)C)c(=O)[nH]c1=O. The van der Waals surface area contributed by atoms with E-state index in [1.165, 1.54) is 87.8 Å². The topological polar surface area (TPSA) is 148 Å². The molecule has 2 aliphatic heterocycles. The second kappa shape index (κ2) is 24.8. The molecule has 0 saturated carbocycles. The molecule has 0 aliphatic carbocycles. The van der Waals surface area contributed by atoms with Gasteiger partial charge in [-0.1, -0.05) is 116 Å². The summed E-state index contributed by atoms with van der Waals surface area (Å²) in [6, 6.07) is 2.33. The number of hydrogen-bond donors (Lipinski definition) is 2. The summed E-state index contributed by atoms with van der Waals surface area (Å²) in [5, 5.41) is 11.9. The summed E-state index contributed by atoms with van der Waals surface area (Å²) in [6.45, 7) is 13.1. The number of nitrogens with one attached hydrogen (secondary N) is 2. The third kappa shape index (κ3) is 14.2. The van der Waals surface area contributed by atoms with E-state index in [1.807, 2.05) is 6.92 Å². The van der Waals surface area contributed by atoms with Crippen LogP contribution < -0.4 is 16.6 Å². The summed E-state index contributed by atoms with van der Waals surface area (Å²) < 4.78 is 29.0.